The topological polar surface area (TPSA) is 149 Å². The second kappa shape index (κ2) is 9.64. The molecule has 0 radical (unpaired) electrons. The lowest BCUT2D eigenvalue weighted by Gasteiger charge is -2.17. The van der Waals surface area contributed by atoms with Crippen LogP contribution >= 0.6 is 0 Å². The number of nitrogens with zero attached hydrogens (tertiary/aromatic N) is 2. The Morgan fingerprint density at radius 2 is 1.63 bits per heavy atom. The van der Waals surface area contributed by atoms with Gasteiger partial charge in [-0.25, -0.2) is 4.79 Å². The summed E-state index contributed by atoms with van der Waals surface area (Å²) in [6.45, 7) is 0.362. The van der Waals surface area contributed by atoms with Crippen LogP contribution in [0.5, 0.6) is 0 Å². The molecule has 9 heteroatoms. The van der Waals surface area contributed by atoms with Crippen LogP contribution in [-0.4, -0.2) is 37.2 Å². The third-order valence-electron chi connectivity index (χ3n) is 4.97. The Hall–Kier alpha value is -3.75. The van der Waals surface area contributed by atoms with Gasteiger partial charge in [0.2, 0.25) is 0 Å². The fourth-order valence-corrected chi connectivity index (χ4v) is 3.61. The summed E-state index contributed by atoms with van der Waals surface area (Å²) in [4.78, 5) is 38.5. The first-order valence-electron chi connectivity index (χ1n) is 9.55. The molecule has 1 aliphatic rings. The Morgan fingerprint density at radius 1 is 1.03 bits per heavy atom. The molecule has 0 fully saturated rings. The number of rotatable bonds is 8. The normalized spacial score (nSPS) is 12.9. The zero-order valence-electron chi connectivity index (χ0n) is 16.3. The molecule has 0 spiro atoms. The molecule has 0 unspecified atom stereocenters. The summed E-state index contributed by atoms with van der Waals surface area (Å²) in [7, 11) is 0. The number of benzene rings is 2. The number of guanidine groups is 1. The number of carbonyl (C=O) groups excluding carboxylic acids is 2. The lowest BCUT2D eigenvalue weighted by atomic mass is 9.98. The van der Waals surface area contributed by atoms with Gasteiger partial charge in [0.1, 0.15) is 12.6 Å². The first-order chi connectivity index (χ1) is 14.5. The third kappa shape index (κ3) is 4.80. The van der Waals surface area contributed by atoms with E-state index in [9.17, 15) is 14.5 Å². The Bertz CT molecular complexity index is 926. The molecule has 30 heavy (non-hydrogen) atoms. The number of ether oxygens (including phenoxy) is 1. The van der Waals surface area contributed by atoms with E-state index in [2.05, 4.69) is 15.5 Å². The zero-order valence-corrected chi connectivity index (χ0v) is 16.3. The lowest BCUT2D eigenvalue weighted by Crippen LogP contribution is -2.40. The smallest absolute Gasteiger partial charge is 0.407 e. The van der Waals surface area contributed by atoms with Crippen LogP contribution < -0.4 is 16.8 Å². The molecule has 2 amide bonds. The molecule has 1 atom stereocenters. The van der Waals surface area contributed by atoms with Gasteiger partial charge in [-0.1, -0.05) is 48.5 Å². The second-order valence-electron chi connectivity index (χ2n) is 6.90. The molecule has 3 rings (SSSR count). The molecule has 2 aromatic rings. The van der Waals surface area contributed by atoms with Gasteiger partial charge in [-0.05, 0) is 35.1 Å². The van der Waals surface area contributed by atoms with Crippen molar-refractivity contribution in [2.24, 2.45) is 21.6 Å². The summed E-state index contributed by atoms with van der Waals surface area (Å²) in [5.41, 5.74) is 14.9. The summed E-state index contributed by atoms with van der Waals surface area (Å²) in [6, 6.07) is 14.8. The van der Waals surface area contributed by atoms with Crippen LogP contribution in [0.4, 0.5) is 4.79 Å². The molecule has 0 aliphatic heterocycles. The molecule has 1 aliphatic carbocycles. The molecule has 0 saturated carbocycles. The van der Waals surface area contributed by atoms with Crippen LogP contribution in [0.2, 0.25) is 0 Å². The predicted molar refractivity (Wildman–Crippen MR) is 113 cm³/mol. The number of hydrogen-bond donors (Lipinski definition) is 3. The predicted octanol–water partition coefficient (Wildman–Crippen LogP) is 2.24. The van der Waals surface area contributed by atoms with Gasteiger partial charge in [0.15, 0.2) is 5.96 Å². The zero-order chi connectivity index (χ0) is 21.5. The quantitative estimate of drug-likeness (QED) is 0.263. The Morgan fingerprint density at radius 3 is 2.20 bits per heavy atom. The highest BCUT2D eigenvalue weighted by Gasteiger charge is 2.29. The van der Waals surface area contributed by atoms with Crippen molar-refractivity contribution in [3.05, 3.63) is 64.6 Å². The molecule has 0 saturated heterocycles. The van der Waals surface area contributed by atoms with Gasteiger partial charge in [0, 0.05) is 17.6 Å². The van der Waals surface area contributed by atoms with E-state index < -0.39 is 18.0 Å². The summed E-state index contributed by atoms with van der Waals surface area (Å²) in [6.07, 6.45) is -0.250. The molecular formula is C21H23N5O4. The number of amides is 2. The molecule has 0 aromatic heterocycles. The van der Waals surface area contributed by atoms with E-state index in [1.165, 1.54) is 0 Å². The van der Waals surface area contributed by atoms with Gasteiger partial charge in [0.25, 0.3) is 0 Å². The number of hydrogen-bond acceptors (Lipinski definition) is 5. The number of nitroso groups, excluding NO2 is 1. The van der Waals surface area contributed by atoms with Crippen LogP contribution in [-0.2, 0) is 9.53 Å². The van der Waals surface area contributed by atoms with E-state index >= 15 is 0 Å². The van der Waals surface area contributed by atoms with Gasteiger partial charge < -0.3 is 21.5 Å². The average Bonchev–Trinajstić information content (AvgIpc) is 3.07. The Labute approximate surface area is 173 Å². The van der Waals surface area contributed by atoms with Crippen LogP contribution in [0.15, 0.2) is 58.7 Å². The van der Waals surface area contributed by atoms with Crippen molar-refractivity contribution in [1.82, 2.24) is 5.32 Å². The average molecular weight is 409 g/mol. The highest BCUT2D eigenvalue weighted by molar-refractivity contribution is 5.86. The Kier molecular flexibility index (Phi) is 6.74. The molecule has 9 nitrogen and oxygen atoms in total. The standard InChI is InChI=1S/C21H23N5O4/c22-20(23)24-11-5-10-18(19(27)26-29)25-21(28)30-12-17-15-8-3-1-6-13(15)14-7-2-4-9-16(14)17/h1-4,6-9,17-18H,5,10-12H2,(H,25,28)(H4,22,23,24)/t18-/m0/s1. The first-order valence-corrected chi connectivity index (χ1v) is 9.55. The van der Waals surface area contributed by atoms with Crippen LogP contribution in [0.25, 0.3) is 11.1 Å². The first kappa shape index (κ1) is 21.0. The third-order valence-corrected chi connectivity index (χ3v) is 4.97. The number of carbonyl (C=O) groups is 2. The van der Waals surface area contributed by atoms with Crippen LogP contribution in [0.3, 0.4) is 0 Å². The highest BCUT2D eigenvalue weighted by atomic mass is 16.5. The Balaban J connectivity index is 1.62. The van der Waals surface area contributed by atoms with Gasteiger partial charge in [-0.2, -0.15) is 0 Å². The number of nitrogens with two attached hydrogens (primary N) is 2. The fourth-order valence-electron chi connectivity index (χ4n) is 3.61. The highest BCUT2D eigenvalue weighted by Crippen LogP contribution is 2.44. The number of nitrogens with one attached hydrogen (secondary N) is 1. The van der Waals surface area contributed by atoms with Crippen molar-refractivity contribution < 1.29 is 14.3 Å². The van der Waals surface area contributed by atoms with Crippen molar-refractivity contribution in [2.45, 2.75) is 24.8 Å². The molecule has 0 bridgehead atoms. The van der Waals surface area contributed by atoms with Gasteiger partial charge >= 0.3 is 12.0 Å². The summed E-state index contributed by atoms with van der Waals surface area (Å²) >= 11 is 0. The molecule has 5 N–H and O–H groups in total. The van der Waals surface area contributed by atoms with E-state index in [1.54, 1.807) is 0 Å². The van der Waals surface area contributed by atoms with E-state index in [0.29, 0.717) is 6.42 Å². The minimum absolute atomic E-state index is 0.0733. The van der Waals surface area contributed by atoms with Gasteiger partial charge in [0.05, 0.1) is 0 Å². The second-order valence-corrected chi connectivity index (χ2v) is 6.90. The number of alkyl carbamates (subject to hydrolysis) is 1. The molecule has 2 aromatic carbocycles. The van der Waals surface area contributed by atoms with Crippen LogP contribution in [0.1, 0.15) is 29.9 Å². The largest absolute Gasteiger partial charge is 0.449 e. The molecule has 156 valence electrons. The van der Waals surface area contributed by atoms with Crippen molar-refractivity contribution in [2.75, 3.05) is 13.2 Å². The summed E-state index contributed by atoms with van der Waals surface area (Å²) in [5, 5.41) is 4.82. The van der Waals surface area contributed by atoms with Gasteiger partial charge in [-0.3, -0.25) is 9.79 Å². The fraction of sp³-hybridized carbons (Fsp3) is 0.286. The van der Waals surface area contributed by atoms with Gasteiger partial charge in [-0.15, -0.1) is 4.91 Å². The SMILES string of the molecule is NC(N)=NCCC[C@H](NC(=O)OCC1c2ccccc2-c2ccccc21)C(=O)N=O. The number of aliphatic imine (C=N–C) groups is 1. The summed E-state index contributed by atoms with van der Waals surface area (Å²) in [5.74, 6) is -1.16. The van der Waals surface area contributed by atoms with Crippen LogP contribution in [0, 0.1) is 4.91 Å². The minimum atomic E-state index is -1.09. The molecular weight excluding hydrogens is 386 g/mol. The lowest BCUT2D eigenvalue weighted by molar-refractivity contribution is -0.120. The van der Waals surface area contributed by atoms with E-state index in [0.717, 1.165) is 22.3 Å². The maximum Gasteiger partial charge on any atom is 0.407 e. The summed E-state index contributed by atoms with van der Waals surface area (Å²) < 4.78 is 5.40. The minimum Gasteiger partial charge on any atom is -0.449 e. The van der Waals surface area contributed by atoms with Crippen molar-refractivity contribution in [3.8, 4) is 11.1 Å². The monoisotopic (exact) mass is 409 g/mol. The van der Waals surface area contributed by atoms with E-state index in [1.807, 2.05) is 48.5 Å². The van der Waals surface area contributed by atoms with Crippen molar-refractivity contribution >= 4 is 18.0 Å². The maximum absolute atomic E-state index is 12.3. The molecule has 0 heterocycles. The van der Waals surface area contributed by atoms with E-state index in [-0.39, 0.29) is 31.4 Å². The van der Waals surface area contributed by atoms with E-state index in [4.69, 9.17) is 16.2 Å². The van der Waals surface area contributed by atoms with Crippen molar-refractivity contribution in [1.29, 1.82) is 0 Å². The number of fused-ring (bicyclic) bond motifs is 3. The maximum atomic E-state index is 12.3. The van der Waals surface area contributed by atoms with Crippen molar-refractivity contribution in [3.63, 3.8) is 0 Å².